The summed E-state index contributed by atoms with van der Waals surface area (Å²) in [5, 5.41) is 7.05. The molecule has 0 saturated heterocycles. The second-order valence-electron chi connectivity index (χ2n) is 3.07. The van der Waals surface area contributed by atoms with Crippen LogP contribution in [0, 0.1) is 0 Å². The molecular formula is C10H12N4S2. The van der Waals surface area contributed by atoms with E-state index < -0.39 is 0 Å². The quantitative estimate of drug-likeness (QED) is 0.362. The molecule has 4 nitrogen and oxygen atoms in total. The summed E-state index contributed by atoms with van der Waals surface area (Å²) in [6.45, 7) is 4.38. The molecule has 2 aromatic rings. The lowest BCUT2D eigenvalue weighted by Crippen LogP contribution is -2.00. The van der Waals surface area contributed by atoms with Gasteiger partial charge in [0.1, 0.15) is 5.03 Å². The summed E-state index contributed by atoms with van der Waals surface area (Å²) >= 11 is 3.16. The maximum absolute atomic E-state index is 4.47. The minimum absolute atomic E-state index is 0.669. The van der Waals surface area contributed by atoms with Gasteiger partial charge in [0.05, 0.1) is 18.1 Å². The third-order valence-corrected chi connectivity index (χ3v) is 3.36. The summed E-state index contributed by atoms with van der Waals surface area (Å²) in [5.41, 5.74) is 0.878. The number of rotatable bonds is 4. The monoisotopic (exact) mass is 252 g/mol. The van der Waals surface area contributed by atoms with Crippen LogP contribution in [0.4, 0.5) is 0 Å². The number of nitrogens with zero attached hydrogens (tertiary/aromatic N) is 4. The number of fused-ring (bicyclic) bond motifs is 1. The van der Waals surface area contributed by atoms with Crippen molar-refractivity contribution in [1.29, 1.82) is 0 Å². The van der Waals surface area contributed by atoms with Gasteiger partial charge in [-0.05, 0) is 12.5 Å². The molecule has 0 amide bonds. The third kappa shape index (κ3) is 1.94. The van der Waals surface area contributed by atoms with E-state index in [4.69, 9.17) is 0 Å². The Bertz CT molecular complexity index is 521. The molecule has 0 spiro atoms. The standard InChI is InChI=1S/C10H12N4S2/c1-4-5-14-8-7(6-11-14)9(15-2)13-10(12-8)16-3/h4,6H,1,5H2,2-3H3. The van der Waals surface area contributed by atoms with E-state index in [-0.39, 0.29) is 0 Å². The van der Waals surface area contributed by atoms with Gasteiger partial charge in [-0.2, -0.15) is 5.10 Å². The molecule has 84 valence electrons. The van der Waals surface area contributed by atoms with Crippen molar-refractivity contribution in [3.8, 4) is 0 Å². The predicted molar refractivity (Wildman–Crippen MR) is 69.1 cm³/mol. The second-order valence-corrected chi connectivity index (χ2v) is 4.64. The average Bonchev–Trinajstić information content (AvgIpc) is 2.72. The molecule has 0 unspecified atom stereocenters. The number of hydrogen-bond acceptors (Lipinski definition) is 5. The summed E-state index contributed by atoms with van der Waals surface area (Å²) < 4.78 is 1.84. The maximum atomic E-state index is 4.47. The van der Waals surface area contributed by atoms with Gasteiger partial charge in [-0.3, -0.25) is 0 Å². The van der Waals surface area contributed by atoms with Gasteiger partial charge in [-0.15, -0.1) is 18.3 Å². The lowest BCUT2D eigenvalue weighted by molar-refractivity contribution is 0.714. The Balaban J connectivity index is 2.66. The van der Waals surface area contributed by atoms with Gasteiger partial charge in [0.25, 0.3) is 0 Å². The average molecular weight is 252 g/mol. The minimum atomic E-state index is 0.669. The Morgan fingerprint density at radius 1 is 1.38 bits per heavy atom. The van der Waals surface area contributed by atoms with Crippen molar-refractivity contribution in [3.63, 3.8) is 0 Å². The molecular weight excluding hydrogens is 240 g/mol. The van der Waals surface area contributed by atoms with Gasteiger partial charge in [-0.1, -0.05) is 17.8 Å². The Morgan fingerprint density at radius 3 is 2.81 bits per heavy atom. The summed E-state index contributed by atoms with van der Waals surface area (Å²) in [4.78, 5) is 8.92. The first-order valence-electron chi connectivity index (χ1n) is 4.72. The van der Waals surface area contributed by atoms with Crippen LogP contribution < -0.4 is 0 Å². The Kier molecular flexibility index (Phi) is 3.50. The van der Waals surface area contributed by atoms with Gasteiger partial charge >= 0.3 is 0 Å². The summed E-state index contributed by atoms with van der Waals surface area (Å²) in [6.07, 6.45) is 7.61. The van der Waals surface area contributed by atoms with E-state index in [1.54, 1.807) is 23.5 Å². The molecule has 2 heterocycles. The van der Waals surface area contributed by atoms with E-state index in [1.165, 1.54) is 0 Å². The molecule has 0 aliphatic rings. The molecule has 0 fully saturated rings. The Morgan fingerprint density at radius 2 is 2.19 bits per heavy atom. The van der Waals surface area contributed by atoms with Crippen LogP contribution in [0.25, 0.3) is 11.0 Å². The van der Waals surface area contributed by atoms with Gasteiger partial charge < -0.3 is 0 Å². The molecule has 0 bridgehead atoms. The molecule has 2 aromatic heterocycles. The van der Waals surface area contributed by atoms with Gasteiger partial charge in [-0.25, -0.2) is 14.6 Å². The minimum Gasteiger partial charge on any atom is -0.243 e. The van der Waals surface area contributed by atoms with Crippen LogP contribution in [0.1, 0.15) is 0 Å². The summed E-state index contributed by atoms with van der Waals surface area (Å²) in [6, 6.07) is 0. The highest BCUT2D eigenvalue weighted by Gasteiger charge is 2.11. The van der Waals surface area contributed by atoms with Crippen molar-refractivity contribution in [3.05, 3.63) is 18.9 Å². The first kappa shape index (κ1) is 11.5. The van der Waals surface area contributed by atoms with E-state index in [2.05, 4.69) is 21.6 Å². The third-order valence-electron chi connectivity index (χ3n) is 2.12. The topological polar surface area (TPSA) is 43.6 Å². The maximum Gasteiger partial charge on any atom is 0.190 e. The van der Waals surface area contributed by atoms with Crippen LogP contribution in [0.3, 0.4) is 0 Å². The zero-order chi connectivity index (χ0) is 11.5. The molecule has 0 aliphatic carbocycles. The highest BCUT2D eigenvalue weighted by Crippen LogP contribution is 2.25. The highest BCUT2D eigenvalue weighted by atomic mass is 32.2. The molecule has 0 aromatic carbocycles. The molecule has 2 rings (SSSR count). The normalized spacial score (nSPS) is 10.9. The zero-order valence-electron chi connectivity index (χ0n) is 9.17. The first-order chi connectivity index (χ1) is 7.80. The van der Waals surface area contributed by atoms with Gasteiger partial charge in [0, 0.05) is 0 Å². The molecule has 0 radical (unpaired) electrons. The molecule has 16 heavy (non-hydrogen) atoms. The van der Waals surface area contributed by atoms with Crippen molar-refractivity contribution in [1.82, 2.24) is 19.7 Å². The molecule has 0 N–H and O–H groups in total. The van der Waals surface area contributed by atoms with Crippen LogP contribution in [0.5, 0.6) is 0 Å². The number of thioether (sulfide) groups is 2. The molecule has 0 atom stereocenters. The van der Waals surface area contributed by atoms with Crippen LogP contribution in [0.15, 0.2) is 29.0 Å². The lowest BCUT2D eigenvalue weighted by atomic mass is 10.4. The largest absolute Gasteiger partial charge is 0.243 e. The second kappa shape index (κ2) is 4.88. The fourth-order valence-electron chi connectivity index (χ4n) is 1.41. The Hall–Kier alpha value is -1.01. The van der Waals surface area contributed by atoms with Gasteiger partial charge in [0.2, 0.25) is 0 Å². The van der Waals surface area contributed by atoms with Crippen LogP contribution in [-0.4, -0.2) is 32.3 Å². The first-order valence-corrected chi connectivity index (χ1v) is 7.17. The SMILES string of the molecule is C=CCn1ncc2c(SC)nc(SC)nc21. The van der Waals surface area contributed by atoms with E-state index in [1.807, 2.05) is 29.5 Å². The fourth-order valence-corrected chi connectivity index (χ4v) is 2.37. The van der Waals surface area contributed by atoms with E-state index in [0.717, 1.165) is 21.2 Å². The molecule has 6 heteroatoms. The van der Waals surface area contributed by atoms with Crippen LogP contribution in [0.2, 0.25) is 0 Å². The van der Waals surface area contributed by atoms with Crippen LogP contribution in [-0.2, 0) is 6.54 Å². The number of allylic oxidation sites excluding steroid dienone is 1. The van der Waals surface area contributed by atoms with Gasteiger partial charge in [0.15, 0.2) is 10.8 Å². The van der Waals surface area contributed by atoms with Crippen molar-refractivity contribution in [2.75, 3.05) is 12.5 Å². The predicted octanol–water partition coefficient (Wildman–Crippen LogP) is 2.46. The zero-order valence-corrected chi connectivity index (χ0v) is 10.8. The summed E-state index contributed by atoms with van der Waals surface area (Å²) in [5.74, 6) is 0. The van der Waals surface area contributed by atoms with Crippen molar-refractivity contribution in [2.45, 2.75) is 16.7 Å². The number of aromatic nitrogens is 4. The summed E-state index contributed by atoms with van der Waals surface area (Å²) in [7, 11) is 0. The van der Waals surface area contributed by atoms with E-state index in [0.29, 0.717) is 6.54 Å². The lowest BCUT2D eigenvalue weighted by Gasteiger charge is -2.02. The molecule has 0 saturated carbocycles. The smallest absolute Gasteiger partial charge is 0.190 e. The number of hydrogen-bond donors (Lipinski definition) is 0. The van der Waals surface area contributed by atoms with E-state index in [9.17, 15) is 0 Å². The van der Waals surface area contributed by atoms with Crippen LogP contribution >= 0.6 is 23.5 Å². The van der Waals surface area contributed by atoms with Crippen molar-refractivity contribution >= 4 is 34.6 Å². The van der Waals surface area contributed by atoms with Crippen molar-refractivity contribution in [2.24, 2.45) is 0 Å². The van der Waals surface area contributed by atoms with E-state index >= 15 is 0 Å². The highest BCUT2D eigenvalue weighted by molar-refractivity contribution is 7.99. The van der Waals surface area contributed by atoms with Crippen molar-refractivity contribution < 1.29 is 0 Å². The molecule has 0 aliphatic heterocycles. The fraction of sp³-hybridized carbons (Fsp3) is 0.300. The Labute approximate surface area is 103 Å².